The van der Waals surface area contributed by atoms with Crippen molar-refractivity contribution in [3.63, 3.8) is 0 Å². The molecule has 0 amide bonds. The summed E-state index contributed by atoms with van der Waals surface area (Å²) >= 11 is 6.08. The largest absolute Gasteiger partial charge is 0.493 e. The van der Waals surface area contributed by atoms with Gasteiger partial charge in [-0.1, -0.05) is 37.8 Å². The average Bonchev–Trinajstić information content (AvgIpc) is 2.42. The molecule has 0 saturated heterocycles. The van der Waals surface area contributed by atoms with E-state index in [1.54, 1.807) is 12.1 Å². The molecule has 0 heterocycles. The normalized spacial score (nSPS) is 10.3. The number of methoxy groups -OCH3 is 2. The molecule has 0 fully saturated rings. The molecule has 0 radical (unpaired) electrons. The van der Waals surface area contributed by atoms with Crippen molar-refractivity contribution in [3.8, 4) is 11.5 Å². The third-order valence-corrected chi connectivity index (χ3v) is 3.29. The standard InChI is InChI=1S/C15H21ClO3/c1-4-5-6-7-8-13(17)11-9-12(16)15(19-3)14(10-11)18-2/h9-10H,4-8H2,1-3H3. The first-order chi connectivity index (χ1) is 9.13. The molecule has 0 aliphatic rings. The zero-order chi connectivity index (χ0) is 14.3. The minimum atomic E-state index is 0.0963. The Morgan fingerprint density at radius 1 is 1.16 bits per heavy atom. The maximum atomic E-state index is 12.1. The monoisotopic (exact) mass is 284 g/mol. The van der Waals surface area contributed by atoms with Crippen LogP contribution in [0.1, 0.15) is 49.4 Å². The zero-order valence-corrected chi connectivity index (χ0v) is 12.5. The van der Waals surface area contributed by atoms with Gasteiger partial charge >= 0.3 is 0 Å². The number of rotatable bonds is 8. The summed E-state index contributed by atoms with van der Waals surface area (Å²) in [7, 11) is 3.06. The molecule has 1 rings (SSSR count). The number of carbonyl (C=O) groups excluding carboxylic acids is 1. The molecule has 4 heteroatoms. The third-order valence-electron chi connectivity index (χ3n) is 3.01. The van der Waals surface area contributed by atoms with E-state index in [0.717, 1.165) is 19.3 Å². The summed E-state index contributed by atoms with van der Waals surface area (Å²) in [6.07, 6.45) is 4.88. The van der Waals surface area contributed by atoms with Crippen LogP contribution in [0.5, 0.6) is 11.5 Å². The molecule has 1 aromatic rings. The van der Waals surface area contributed by atoms with Gasteiger partial charge in [-0.3, -0.25) is 4.79 Å². The molecule has 19 heavy (non-hydrogen) atoms. The van der Waals surface area contributed by atoms with Gasteiger partial charge in [-0.15, -0.1) is 0 Å². The summed E-state index contributed by atoms with van der Waals surface area (Å²) in [6, 6.07) is 3.33. The molecule has 0 spiro atoms. The van der Waals surface area contributed by atoms with E-state index >= 15 is 0 Å². The molecule has 0 bridgehead atoms. The van der Waals surface area contributed by atoms with Gasteiger partial charge in [0, 0.05) is 12.0 Å². The topological polar surface area (TPSA) is 35.5 Å². The van der Waals surface area contributed by atoms with Gasteiger partial charge in [0.25, 0.3) is 0 Å². The van der Waals surface area contributed by atoms with Crippen LogP contribution < -0.4 is 9.47 Å². The summed E-state index contributed by atoms with van der Waals surface area (Å²) in [5.74, 6) is 1.05. The lowest BCUT2D eigenvalue weighted by Gasteiger charge is -2.11. The van der Waals surface area contributed by atoms with E-state index in [0.29, 0.717) is 28.5 Å². The van der Waals surface area contributed by atoms with Crippen molar-refractivity contribution in [1.82, 2.24) is 0 Å². The van der Waals surface area contributed by atoms with Crippen LogP contribution in [0, 0.1) is 0 Å². The number of benzene rings is 1. The van der Waals surface area contributed by atoms with Crippen LogP contribution in [-0.4, -0.2) is 20.0 Å². The van der Waals surface area contributed by atoms with Crippen LogP contribution >= 0.6 is 11.6 Å². The fraction of sp³-hybridized carbons (Fsp3) is 0.533. The molecule has 1 aromatic carbocycles. The summed E-state index contributed by atoms with van der Waals surface area (Å²) < 4.78 is 10.3. The van der Waals surface area contributed by atoms with Crippen LogP contribution in [0.4, 0.5) is 0 Å². The number of ether oxygens (including phenoxy) is 2. The lowest BCUT2D eigenvalue weighted by atomic mass is 10.0. The molecular formula is C15H21ClO3. The maximum Gasteiger partial charge on any atom is 0.179 e. The van der Waals surface area contributed by atoms with Gasteiger partial charge in [-0.25, -0.2) is 0 Å². The van der Waals surface area contributed by atoms with E-state index in [-0.39, 0.29) is 5.78 Å². The highest BCUT2D eigenvalue weighted by molar-refractivity contribution is 6.32. The van der Waals surface area contributed by atoms with Crippen molar-refractivity contribution >= 4 is 17.4 Å². The highest BCUT2D eigenvalue weighted by atomic mass is 35.5. The van der Waals surface area contributed by atoms with E-state index in [1.165, 1.54) is 20.6 Å². The van der Waals surface area contributed by atoms with Gasteiger partial charge in [0.1, 0.15) is 0 Å². The van der Waals surface area contributed by atoms with Crippen LogP contribution in [0.25, 0.3) is 0 Å². The summed E-state index contributed by atoms with van der Waals surface area (Å²) in [5.41, 5.74) is 0.583. The minimum Gasteiger partial charge on any atom is -0.493 e. The molecular weight excluding hydrogens is 264 g/mol. The van der Waals surface area contributed by atoms with E-state index in [9.17, 15) is 4.79 Å². The number of ketones is 1. The Bertz CT molecular complexity index is 430. The number of halogens is 1. The van der Waals surface area contributed by atoms with Crippen molar-refractivity contribution in [2.24, 2.45) is 0 Å². The Morgan fingerprint density at radius 3 is 2.47 bits per heavy atom. The number of hydrogen-bond acceptors (Lipinski definition) is 3. The van der Waals surface area contributed by atoms with Crippen molar-refractivity contribution < 1.29 is 14.3 Å². The Balaban J connectivity index is 2.77. The van der Waals surface area contributed by atoms with E-state index in [4.69, 9.17) is 21.1 Å². The fourth-order valence-electron chi connectivity index (χ4n) is 1.94. The molecule has 0 unspecified atom stereocenters. The molecule has 0 aliphatic carbocycles. The fourth-order valence-corrected chi connectivity index (χ4v) is 2.22. The molecule has 3 nitrogen and oxygen atoms in total. The lowest BCUT2D eigenvalue weighted by Crippen LogP contribution is -2.01. The van der Waals surface area contributed by atoms with E-state index in [2.05, 4.69) is 6.92 Å². The second-order valence-electron chi connectivity index (χ2n) is 4.43. The van der Waals surface area contributed by atoms with E-state index < -0.39 is 0 Å². The lowest BCUT2D eigenvalue weighted by molar-refractivity contribution is 0.0978. The van der Waals surface area contributed by atoms with Gasteiger partial charge < -0.3 is 9.47 Å². The van der Waals surface area contributed by atoms with Crippen molar-refractivity contribution in [2.75, 3.05) is 14.2 Å². The van der Waals surface area contributed by atoms with Crippen LogP contribution in [0.15, 0.2) is 12.1 Å². The molecule has 106 valence electrons. The zero-order valence-electron chi connectivity index (χ0n) is 11.8. The van der Waals surface area contributed by atoms with Crippen LogP contribution in [0.3, 0.4) is 0 Å². The molecule has 0 atom stereocenters. The Kier molecular flexibility index (Phi) is 6.71. The second-order valence-corrected chi connectivity index (χ2v) is 4.83. The number of unbranched alkanes of at least 4 members (excludes halogenated alkanes) is 3. The van der Waals surface area contributed by atoms with Crippen LogP contribution in [-0.2, 0) is 0 Å². The predicted molar refractivity (Wildman–Crippen MR) is 77.6 cm³/mol. The van der Waals surface area contributed by atoms with Crippen molar-refractivity contribution in [3.05, 3.63) is 22.7 Å². The first kappa shape index (κ1) is 15.8. The number of carbonyl (C=O) groups is 1. The first-order valence-electron chi connectivity index (χ1n) is 6.58. The van der Waals surface area contributed by atoms with E-state index in [1.807, 2.05) is 0 Å². The summed E-state index contributed by atoms with van der Waals surface area (Å²) in [5, 5.41) is 0.402. The SMILES string of the molecule is CCCCCCC(=O)c1cc(Cl)c(OC)c(OC)c1. The quantitative estimate of drug-likeness (QED) is 0.520. The number of Topliss-reactive ketones (excluding diaryl/α,β-unsaturated/α-hetero) is 1. The van der Waals surface area contributed by atoms with Gasteiger partial charge in [-0.05, 0) is 18.6 Å². The highest BCUT2D eigenvalue weighted by Crippen LogP contribution is 2.36. The van der Waals surface area contributed by atoms with Crippen LogP contribution in [0.2, 0.25) is 5.02 Å². The minimum absolute atomic E-state index is 0.0963. The van der Waals surface area contributed by atoms with Gasteiger partial charge in [-0.2, -0.15) is 0 Å². The predicted octanol–water partition coefficient (Wildman–Crippen LogP) is 4.51. The molecule has 0 N–H and O–H groups in total. The maximum absolute atomic E-state index is 12.1. The Labute approximate surface area is 119 Å². The molecule has 0 saturated carbocycles. The highest BCUT2D eigenvalue weighted by Gasteiger charge is 2.14. The summed E-state index contributed by atoms with van der Waals surface area (Å²) in [4.78, 5) is 12.1. The third kappa shape index (κ3) is 4.43. The smallest absolute Gasteiger partial charge is 0.179 e. The van der Waals surface area contributed by atoms with Crippen molar-refractivity contribution in [2.45, 2.75) is 39.0 Å². The van der Waals surface area contributed by atoms with Crippen molar-refractivity contribution in [1.29, 1.82) is 0 Å². The molecule has 0 aliphatic heterocycles. The molecule has 0 aromatic heterocycles. The van der Waals surface area contributed by atoms with Gasteiger partial charge in [0.2, 0.25) is 0 Å². The Morgan fingerprint density at radius 2 is 1.89 bits per heavy atom. The second kappa shape index (κ2) is 8.05. The summed E-state index contributed by atoms with van der Waals surface area (Å²) in [6.45, 7) is 2.15. The van der Waals surface area contributed by atoms with Gasteiger partial charge in [0.15, 0.2) is 17.3 Å². The average molecular weight is 285 g/mol. The first-order valence-corrected chi connectivity index (χ1v) is 6.96. The number of hydrogen-bond donors (Lipinski definition) is 0. The Hall–Kier alpha value is -1.22. The van der Waals surface area contributed by atoms with Gasteiger partial charge in [0.05, 0.1) is 19.2 Å².